The number of rotatable bonds is 5. The maximum atomic E-state index is 5.49. The highest BCUT2D eigenvalue weighted by Crippen LogP contribution is 2.26. The maximum Gasteiger partial charge on any atom is 0.227 e. The van der Waals surface area contributed by atoms with Crippen LogP contribution in [0.4, 0.5) is 23.0 Å². The standard InChI is InChI=1S/C26H30N8O2/c1-2-20(18-23(3-1)32-10-14-35-15-11-32)24-8-9-27-25(30-24)29-21-4-6-22(7-5-21)34-19-28-26(31-34)33-12-16-36-17-13-33/h1-9,18H,10-17,19H2,(H,28,31)(H,27,29,30). The zero-order valence-corrected chi connectivity index (χ0v) is 20.1. The molecule has 2 aromatic carbocycles. The van der Waals surface area contributed by atoms with Crippen LogP contribution < -0.4 is 20.7 Å². The first-order chi connectivity index (χ1) is 17.8. The van der Waals surface area contributed by atoms with Crippen molar-refractivity contribution >= 4 is 29.0 Å². The number of nitrogens with one attached hydrogen (secondary N) is 2. The van der Waals surface area contributed by atoms with Gasteiger partial charge in [0, 0.05) is 49.3 Å². The van der Waals surface area contributed by atoms with Crippen LogP contribution in [0.25, 0.3) is 11.3 Å². The molecule has 0 spiro atoms. The van der Waals surface area contributed by atoms with Crippen molar-refractivity contribution in [1.82, 2.24) is 20.3 Å². The molecule has 3 aliphatic rings. The molecule has 2 fully saturated rings. The fraction of sp³-hybridized carbons (Fsp3) is 0.346. The van der Waals surface area contributed by atoms with Crippen molar-refractivity contribution in [1.29, 1.82) is 0 Å². The van der Waals surface area contributed by atoms with Crippen molar-refractivity contribution in [2.24, 2.45) is 4.99 Å². The molecule has 0 unspecified atom stereocenters. The van der Waals surface area contributed by atoms with Crippen molar-refractivity contribution in [2.45, 2.75) is 0 Å². The summed E-state index contributed by atoms with van der Waals surface area (Å²) in [5.74, 6) is 1.47. The van der Waals surface area contributed by atoms with E-state index in [1.807, 2.05) is 23.2 Å². The van der Waals surface area contributed by atoms with Gasteiger partial charge in [-0.15, -0.1) is 0 Å². The van der Waals surface area contributed by atoms with E-state index in [4.69, 9.17) is 14.5 Å². The summed E-state index contributed by atoms with van der Waals surface area (Å²) in [5.41, 5.74) is 8.50. The van der Waals surface area contributed by atoms with E-state index in [0.29, 0.717) is 12.6 Å². The van der Waals surface area contributed by atoms with Gasteiger partial charge in [-0.05, 0) is 42.5 Å². The van der Waals surface area contributed by atoms with E-state index in [1.165, 1.54) is 5.69 Å². The Morgan fingerprint density at radius 1 is 0.806 bits per heavy atom. The molecule has 10 nitrogen and oxygen atoms in total. The molecule has 36 heavy (non-hydrogen) atoms. The lowest BCUT2D eigenvalue weighted by Crippen LogP contribution is -2.49. The third-order valence-electron chi connectivity index (χ3n) is 6.52. The van der Waals surface area contributed by atoms with Gasteiger partial charge in [-0.2, -0.15) is 0 Å². The third kappa shape index (κ3) is 5.05. The van der Waals surface area contributed by atoms with Gasteiger partial charge < -0.3 is 24.6 Å². The molecule has 4 heterocycles. The SMILES string of the molecule is c1cc(-c2ccnc(Nc3ccc(N4CN=C(N5CCOCC5)N4)cc3)n2)cc(N2CCOCC2)c1. The van der Waals surface area contributed by atoms with Crippen molar-refractivity contribution in [2.75, 3.05) is 74.5 Å². The summed E-state index contributed by atoms with van der Waals surface area (Å²) in [5, 5.41) is 5.37. The number of aliphatic imine (C=N–C) groups is 1. The second-order valence-corrected chi connectivity index (χ2v) is 8.85. The van der Waals surface area contributed by atoms with Crippen molar-refractivity contribution < 1.29 is 9.47 Å². The molecular weight excluding hydrogens is 456 g/mol. The van der Waals surface area contributed by atoms with Crippen LogP contribution in [0, 0.1) is 0 Å². The highest BCUT2D eigenvalue weighted by atomic mass is 16.5. The molecule has 2 saturated heterocycles. The van der Waals surface area contributed by atoms with Crippen molar-refractivity contribution in [3.05, 3.63) is 60.8 Å². The average Bonchev–Trinajstić information content (AvgIpc) is 3.45. The highest BCUT2D eigenvalue weighted by Gasteiger charge is 2.22. The molecule has 1 aromatic heterocycles. The normalized spacial score (nSPS) is 18.1. The quantitative estimate of drug-likeness (QED) is 0.565. The van der Waals surface area contributed by atoms with E-state index in [2.05, 4.69) is 66.9 Å². The number of hydrogen-bond donors (Lipinski definition) is 2. The maximum absolute atomic E-state index is 5.49. The lowest BCUT2D eigenvalue weighted by atomic mass is 10.1. The number of nitrogens with zero attached hydrogens (tertiary/aromatic N) is 6. The summed E-state index contributed by atoms with van der Waals surface area (Å²) in [6.45, 7) is 7.12. The number of ether oxygens (including phenoxy) is 2. The molecule has 0 bridgehead atoms. The number of guanidine groups is 1. The fourth-order valence-corrected chi connectivity index (χ4v) is 4.54. The first-order valence-electron chi connectivity index (χ1n) is 12.4. The average molecular weight is 487 g/mol. The van der Waals surface area contributed by atoms with E-state index >= 15 is 0 Å². The van der Waals surface area contributed by atoms with E-state index in [1.54, 1.807) is 6.20 Å². The predicted molar refractivity (Wildman–Crippen MR) is 141 cm³/mol. The number of aromatic nitrogens is 2. The Hall–Kier alpha value is -3.89. The first-order valence-corrected chi connectivity index (χ1v) is 12.4. The molecule has 0 radical (unpaired) electrons. The van der Waals surface area contributed by atoms with Crippen LogP contribution in [-0.2, 0) is 9.47 Å². The predicted octanol–water partition coefficient (Wildman–Crippen LogP) is 2.69. The Balaban J connectivity index is 1.10. The Bertz CT molecular complexity index is 1210. The molecule has 186 valence electrons. The summed E-state index contributed by atoms with van der Waals surface area (Å²) in [6, 6.07) is 18.6. The van der Waals surface area contributed by atoms with Crippen LogP contribution in [0.2, 0.25) is 0 Å². The van der Waals surface area contributed by atoms with Crippen molar-refractivity contribution in [3.8, 4) is 11.3 Å². The van der Waals surface area contributed by atoms with Gasteiger partial charge in [0.05, 0.1) is 37.8 Å². The molecular formula is C26H30N8O2. The lowest BCUT2D eigenvalue weighted by Gasteiger charge is -2.29. The zero-order chi connectivity index (χ0) is 24.2. The Kier molecular flexibility index (Phi) is 6.51. The summed E-state index contributed by atoms with van der Waals surface area (Å²) in [7, 11) is 0. The van der Waals surface area contributed by atoms with Crippen LogP contribution >= 0.6 is 0 Å². The van der Waals surface area contributed by atoms with Crippen LogP contribution in [0.3, 0.4) is 0 Å². The molecule has 0 atom stereocenters. The van der Waals surface area contributed by atoms with Gasteiger partial charge in [-0.3, -0.25) is 10.4 Å². The van der Waals surface area contributed by atoms with Gasteiger partial charge in [-0.25, -0.2) is 15.0 Å². The lowest BCUT2D eigenvalue weighted by molar-refractivity contribution is 0.0669. The summed E-state index contributed by atoms with van der Waals surface area (Å²) >= 11 is 0. The monoisotopic (exact) mass is 486 g/mol. The van der Waals surface area contributed by atoms with Crippen LogP contribution in [0.15, 0.2) is 65.8 Å². The summed E-state index contributed by atoms with van der Waals surface area (Å²) in [4.78, 5) is 18.4. The number of morpholine rings is 2. The molecule has 10 heteroatoms. The summed E-state index contributed by atoms with van der Waals surface area (Å²) in [6.07, 6.45) is 1.79. The minimum Gasteiger partial charge on any atom is -0.378 e. The first kappa shape index (κ1) is 22.6. The van der Waals surface area contributed by atoms with Crippen molar-refractivity contribution in [3.63, 3.8) is 0 Å². The van der Waals surface area contributed by atoms with Crippen LogP contribution in [-0.4, -0.2) is 80.1 Å². The minimum atomic E-state index is 0.564. The van der Waals surface area contributed by atoms with Crippen LogP contribution in [0.1, 0.15) is 0 Å². The summed E-state index contributed by atoms with van der Waals surface area (Å²) < 4.78 is 10.9. The molecule has 0 amide bonds. The number of hydrazine groups is 1. The van der Waals surface area contributed by atoms with Gasteiger partial charge in [-0.1, -0.05) is 12.1 Å². The fourth-order valence-electron chi connectivity index (χ4n) is 4.54. The van der Waals surface area contributed by atoms with Gasteiger partial charge in [0.25, 0.3) is 0 Å². The van der Waals surface area contributed by atoms with Gasteiger partial charge in [0.15, 0.2) is 0 Å². The van der Waals surface area contributed by atoms with Gasteiger partial charge >= 0.3 is 0 Å². The Labute approximate surface area is 210 Å². The third-order valence-corrected chi connectivity index (χ3v) is 6.52. The molecule has 3 aromatic rings. The Morgan fingerprint density at radius 3 is 2.33 bits per heavy atom. The van der Waals surface area contributed by atoms with E-state index < -0.39 is 0 Å². The second kappa shape index (κ2) is 10.4. The number of benzene rings is 2. The second-order valence-electron chi connectivity index (χ2n) is 8.85. The number of anilines is 4. The van der Waals surface area contributed by atoms with Gasteiger partial charge in [0.2, 0.25) is 11.9 Å². The molecule has 0 saturated carbocycles. The van der Waals surface area contributed by atoms with Crippen LogP contribution in [0.5, 0.6) is 0 Å². The molecule has 6 rings (SSSR count). The van der Waals surface area contributed by atoms with E-state index in [9.17, 15) is 0 Å². The topological polar surface area (TPSA) is 90.4 Å². The van der Waals surface area contributed by atoms with Gasteiger partial charge in [0.1, 0.15) is 6.67 Å². The smallest absolute Gasteiger partial charge is 0.227 e. The molecule has 2 N–H and O–H groups in total. The Morgan fingerprint density at radius 2 is 1.56 bits per heavy atom. The molecule has 0 aliphatic carbocycles. The van der Waals surface area contributed by atoms with E-state index in [0.717, 1.165) is 81.2 Å². The highest BCUT2D eigenvalue weighted by molar-refractivity contribution is 5.84. The number of hydrogen-bond acceptors (Lipinski definition) is 10. The molecule has 3 aliphatic heterocycles. The largest absolute Gasteiger partial charge is 0.378 e. The minimum absolute atomic E-state index is 0.564. The zero-order valence-electron chi connectivity index (χ0n) is 20.1. The van der Waals surface area contributed by atoms with E-state index in [-0.39, 0.29) is 0 Å².